The molecule has 0 saturated heterocycles. The van der Waals surface area contributed by atoms with Crippen molar-refractivity contribution in [2.24, 2.45) is 0 Å². The molecule has 0 unspecified atom stereocenters. The van der Waals surface area contributed by atoms with Crippen LogP contribution in [0, 0.1) is 0 Å². The van der Waals surface area contributed by atoms with E-state index in [2.05, 4.69) is 29.4 Å². The lowest BCUT2D eigenvalue weighted by Gasteiger charge is -1.97. The average Bonchev–Trinajstić information content (AvgIpc) is 3.03. The third-order valence-corrected chi connectivity index (χ3v) is 4.16. The van der Waals surface area contributed by atoms with Crippen LogP contribution in [0.5, 0.6) is 0 Å². The van der Waals surface area contributed by atoms with Gasteiger partial charge in [-0.15, -0.1) is 11.3 Å². The fourth-order valence-electron chi connectivity index (χ4n) is 1.92. The maximum absolute atomic E-state index is 5.85. The molecule has 2 heterocycles. The summed E-state index contributed by atoms with van der Waals surface area (Å²) in [6, 6.07) is 10.4. The number of hydrogen-bond acceptors (Lipinski definition) is 5. The Morgan fingerprint density at radius 2 is 2.11 bits per heavy atom. The second-order valence-electron chi connectivity index (χ2n) is 4.29. The van der Waals surface area contributed by atoms with Gasteiger partial charge >= 0.3 is 0 Å². The molecule has 2 aromatic heterocycles. The second kappa shape index (κ2) is 4.93. The maximum Gasteiger partial charge on any atom is 0.296 e. The Labute approximate surface area is 115 Å². The summed E-state index contributed by atoms with van der Waals surface area (Å²) in [4.78, 5) is 7.01. The molecule has 0 aliphatic rings. The number of aromatic nitrogens is 1. The Kier molecular flexibility index (Phi) is 3.13. The predicted octanol–water partition coefficient (Wildman–Crippen LogP) is 3.65. The number of para-hydroxylation sites is 1. The van der Waals surface area contributed by atoms with Gasteiger partial charge in [0.25, 0.3) is 6.01 Å². The van der Waals surface area contributed by atoms with Crippen molar-refractivity contribution >= 4 is 34.1 Å². The van der Waals surface area contributed by atoms with Crippen LogP contribution in [-0.2, 0) is 13.0 Å². The molecule has 0 saturated carbocycles. The van der Waals surface area contributed by atoms with E-state index in [1.54, 1.807) is 11.3 Å². The van der Waals surface area contributed by atoms with Crippen LogP contribution in [0.15, 0.2) is 34.7 Å². The first-order valence-corrected chi connectivity index (χ1v) is 7.04. The van der Waals surface area contributed by atoms with E-state index >= 15 is 0 Å². The van der Waals surface area contributed by atoms with E-state index in [0.717, 1.165) is 13.0 Å². The number of fused-ring (bicyclic) bond motifs is 1. The van der Waals surface area contributed by atoms with Crippen molar-refractivity contribution in [2.45, 2.75) is 19.9 Å². The van der Waals surface area contributed by atoms with Crippen molar-refractivity contribution in [1.82, 2.24) is 4.98 Å². The highest BCUT2D eigenvalue weighted by atomic mass is 32.1. The summed E-state index contributed by atoms with van der Waals surface area (Å²) in [6.07, 6.45) is 1.07. The standard InChI is InChI=1S/C14H15N3OS/c1-2-9-6-7-10(19-9)8-16-14-17-13-11(15)4-3-5-12(13)18-14/h3-7H,2,8,15H2,1H3,(H,16,17). The smallest absolute Gasteiger partial charge is 0.296 e. The van der Waals surface area contributed by atoms with E-state index < -0.39 is 0 Å². The lowest BCUT2D eigenvalue weighted by atomic mass is 10.3. The van der Waals surface area contributed by atoms with Gasteiger partial charge in [-0.2, -0.15) is 4.98 Å². The molecular formula is C14H15N3OS. The first-order chi connectivity index (χ1) is 9.26. The molecule has 0 bridgehead atoms. The van der Waals surface area contributed by atoms with Crippen LogP contribution >= 0.6 is 11.3 Å². The summed E-state index contributed by atoms with van der Waals surface area (Å²) < 4.78 is 5.61. The van der Waals surface area contributed by atoms with Gasteiger partial charge in [-0.05, 0) is 30.7 Å². The molecule has 19 heavy (non-hydrogen) atoms. The fourth-order valence-corrected chi connectivity index (χ4v) is 2.81. The second-order valence-corrected chi connectivity index (χ2v) is 5.54. The first-order valence-electron chi connectivity index (χ1n) is 6.22. The van der Waals surface area contributed by atoms with Crippen LogP contribution in [0.2, 0.25) is 0 Å². The molecule has 1 aromatic carbocycles. The molecule has 5 heteroatoms. The Hall–Kier alpha value is -2.01. The summed E-state index contributed by atoms with van der Waals surface area (Å²) in [5.41, 5.74) is 7.91. The van der Waals surface area contributed by atoms with Crippen molar-refractivity contribution in [3.05, 3.63) is 40.1 Å². The van der Waals surface area contributed by atoms with Gasteiger partial charge in [-0.1, -0.05) is 13.0 Å². The number of anilines is 2. The van der Waals surface area contributed by atoms with Crippen LogP contribution in [-0.4, -0.2) is 4.98 Å². The number of nitrogen functional groups attached to an aromatic ring is 1. The fraction of sp³-hybridized carbons (Fsp3) is 0.214. The number of hydrogen-bond donors (Lipinski definition) is 2. The van der Waals surface area contributed by atoms with Gasteiger partial charge in [0.05, 0.1) is 12.2 Å². The van der Waals surface area contributed by atoms with Gasteiger partial charge in [0.15, 0.2) is 5.58 Å². The number of nitrogens with one attached hydrogen (secondary N) is 1. The maximum atomic E-state index is 5.85. The average molecular weight is 273 g/mol. The summed E-state index contributed by atoms with van der Waals surface area (Å²) in [5, 5.41) is 3.19. The SMILES string of the molecule is CCc1ccc(CNc2nc3c(N)cccc3o2)s1. The van der Waals surface area contributed by atoms with Gasteiger partial charge in [0, 0.05) is 9.75 Å². The molecule has 0 atom stereocenters. The zero-order chi connectivity index (χ0) is 13.2. The number of benzene rings is 1. The highest BCUT2D eigenvalue weighted by Gasteiger charge is 2.08. The molecule has 0 fully saturated rings. The van der Waals surface area contributed by atoms with Crippen LogP contribution in [0.25, 0.3) is 11.1 Å². The summed E-state index contributed by atoms with van der Waals surface area (Å²) in [6.45, 7) is 2.88. The number of thiophene rings is 1. The minimum Gasteiger partial charge on any atom is -0.423 e. The molecule has 0 spiro atoms. The molecule has 98 valence electrons. The number of nitrogens with zero attached hydrogens (tertiary/aromatic N) is 1. The molecule has 0 aliphatic carbocycles. The summed E-state index contributed by atoms with van der Waals surface area (Å²) in [5.74, 6) is 0. The first kappa shape index (κ1) is 12.0. The van der Waals surface area contributed by atoms with Crippen LogP contribution < -0.4 is 11.1 Å². The monoisotopic (exact) mass is 273 g/mol. The predicted molar refractivity (Wildman–Crippen MR) is 79.4 cm³/mol. The van der Waals surface area contributed by atoms with Crippen molar-refractivity contribution < 1.29 is 4.42 Å². The van der Waals surface area contributed by atoms with E-state index in [-0.39, 0.29) is 0 Å². The van der Waals surface area contributed by atoms with E-state index in [4.69, 9.17) is 10.2 Å². The van der Waals surface area contributed by atoms with E-state index in [1.807, 2.05) is 18.2 Å². The Morgan fingerprint density at radius 1 is 1.26 bits per heavy atom. The van der Waals surface area contributed by atoms with Gasteiger partial charge in [-0.3, -0.25) is 0 Å². The molecule has 3 rings (SSSR count). The lowest BCUT2D eigenvalue weighted by molar-refractivity contribution is 0.615. The minimum absolute atomic E-state index is 0.513. The molecule has 3 aromatic rings. The van der Waals surface area contributed by atoms with E-state index in [1.165, 1.54) is 9.75 Å². The highest BCUT2D eigenvalue weighted by molar-refractivity contribution is 7.12. The largest absolute Gasteiger partial charge is 0.423 e. The topological polar surface area (TPSA) is 64.1 Å². The quantitative estimate of drug-likeness (QED) is 0.712. The van der Waals surface area contributed by atoms with Crippen molar-refractivity contribution in [2.75, 3.05) is 11.1 Å². The van der Waals surface area contributed by atoms with Crippen LogP contribution in [0.3, 0.4) is 0 Å². The molecular weight excluding hydrogens is 258 g/mol. The molecule has 0 amide bonds. The normalized spacial score (nSPS) is 11.0. The number of rotatable bonds is 4. The molecule has 0 radical (unpaired) electrons. The van der Waals surface area contributed by atoms with Crippen LogP contribution in [0.1, 0.15) is 16.7 Å². The van der Waals surface area contributed by atoms with Gasteiger partial charge in [-0.25, -0.2) is 0 Å². The zero-order valence-electron chi connectivity index (χ0n) is 10.6. The third-order valence-electron chi connectivity index (χ3n) is 2.93. The molecule has 4 nitrogen and oxygen atoms in total. The van der Waals surface area contributed by atoms with E-state index in [0.29, 0.717) is 22.8 Å². The third kappa shape index (κ3) is 2.42. The van der Waals surface area contributed by atoms with Crippen molar-refractivity contribution in [3.63, 3.8) is 0 Å². The van der Waals surface area contributed by atoms with E-state index in [9.17, 15) is 0 Å². The highest BCUT2D eigenvalue weighted by Crippen LogP contribution is 2.24. The minimum atomic E-state index is 0.513. The lowest BCUT2D eigenvalue weighted by Crippen LogP contribution is -1.97. The molecule has 3 N–H and O–H groups in total. The Bertz CT molecular complexity index is 702. The van der Waals surface area contributed by atoms with Gasteiger partial charge in [0.1, 0.15) is 5.52 Å². The number of aryl methyl sites for hydroxylation is 1. The molecule has 0 aliphatic heterocycles. The van der Waals surface area contributed by atoms with Crippen molar-refractivity contribution in [1.29, 1.82) is 0 Å². The Morgan fingerprint density at radius 3 is 2.84 bits per heavy atom. The van der Waals surface area contributed by atoms with Crippen LogP contribution in [0.4, 0.5) is 11.7 Å². The number of nitrogens with two attached hydrogens (primary N) is 1. The summed E-state index contributed by atoms with van der Waals surface area (Å²) in [7, 11) is 0. The van der Waals surface area contributed by atoms with Gasteiger partial charge in [0.2, 0.25) is 0 Å². The summed E-state index contributed by atoms with van der Waals surface area (Å²) >= 11 is 1.81. The van der Waals surface area contributed by atoms with Crippen molar-refractivity contribution in [3.8, 4) is 0 Å². The zero-order valence-corrected chi connectivity index (χ0v) is 11.5. The van der Waals surface area contributed by atoms with Gasteiger partial charge < -0.3 is 15.5 Å². The number of oxazole rings is 1. The Balaban J connectivity index is 1.76.